The van der Waals surface area contributed by atoms with E-state index >= 15 is 0 Å². The Morgan fingerprint density at radius 2 is 1.37 bits per heavy atom. The van der Waals surface area contributed by atoms with E-state index in [1.165, 1.54) is 0 Å². The van der Waals surface area contributed by atoms with Gasteiger partial charge >= 0.3 is 0 Å². The highest BCUT2D eigenvalue weighted by Gasteiger charge is 2.25. The fourth-order valence-electron chi connectivity index (χ4n) is 2.01. The van der Waals surface area contributed by atoms with Gasteiger partial charge in [-0.1, -0.05) is 59.6 Å². The lowest BCUT2D eigenvalue weighted by molar-refractivity contribution is -0.121. The van der Waals surface area contributed by atoms with Crippen LogP contribution in [0.15, 0.2) is 48.5 Å². The molecule has 1 amide bonds. The van der Waals surface area contributed by atoms with Gasteiger partial charge in [-0.15, -0.1) is 0 Å². The quantitative estimate of drug-likeness (QED) is 0.914. The minimum Gasteiger partial charge on any atom is -0.358 e. The normalized spacial score (nSPS) is 10.5. The standard InChI is InChI=1S/C15H13Cl2NO/c1-18-15(19)14(10-6-2-4-8-12(10)16)11-7-3-5-9-13(11)17/h2-9,14H,1H3,(H,18,19). The molecule has 0 spiro atoms. The molecule has 0 bridgehead atoms. The van der Waals surface area contributed by atoms with E-state index in [9.17, 15) is 4.79 Å². The molecule has 0 saturated heterocycles. The first kappa shape index (κ1) is 13.9. The monoisotopic (exact) mass is 293 g/mol. The molecule has 0 unspecified atom stereocenters. The van der Waals surface area contributed by atoms with Gasteiger partial charge in [0.2, 0.25) is 5.91 Å². The lowest BCUT2D eigenvalue weighted by atomic mass is 9.90. The second-order valence-corrected chi connectivity index (χ2v) is 4.90. The molecule has 2 aromatic rings. The number of carbonyl (C=O) groups is 1. The van der Waals surface area contributed by atoms with Crippen LogP contribution in [0.2, 0.25) is 10.0 Å². The zero-order valence-corrected chi connectivity index (χ0v) is 11.9. The van der Waals surface area contributed by atoms with Crippen molar-refractivity contribution in [3.63, 3.8) is 0 Å². The first-order valence-corrected chi connectivity index (χ1v) is 6.61. The van der Waals surface area contributed by atoms with Gasteiger partial charge in [0.1, 0.15) is 0 Å². The second kappa shape index (κ2) is 6.09. The van der Waals surface area contributed by atoms with Gasteiger partial charge in [0.25, 0.3) is 0 Å². The summed E-state index contributed by atoms with van der Waals surface area (Å²) in [7, 11) is 1.60. The molecule has 2 rings (SSSR count). The lowest BCUT2D eigenvalue weighted by Gasteiger charge is -2.18. The summed E-state index contributed by atoms with van der Waals surface area (Å²) >= 11 is 12.4. The van der Waals surface area contributed by atoms with E-state index in [0.717, 1.165) is 11.1 Å². The molecule has 0 fully saturated rings. The lowest BCUT2D eigenvalue weighted by Crippen LogP contribution is -2.27. The maximum Gasteiger partial charge on any atom is 0.231 e. The predicted octanol–water partition coefficient (Wildman–Crippen LogP) is 3.87. The Morgan fingerprint density at radius 1 is 0.947 bits per heavy atom. The Bertz CT molecular complexity index is 553. The number of likely N-dealkylation sites (N-methyl/N-ethyl adjacent to an activating group) is 1. The molecule has 4 heteroatoms. The number of hydrogen-bond donors (Lipinski definition) is 1. The molecule has 98 valence electrons. The van der Waals surface area contributed by atoms with Crippen LogP contribution in [-0.4, -0.2) is 13.0 Å². The first-order valence-electron chi connectivity index (χ1n) is 5.85. The molecule has 0 saturated carbocycles. The third-order valence-electron chi connectivity index (χ3n) is 2.94. The molecule has 0 atom stereocenters. The van der Waals surface area contributed by atoms with Crippen LogP contribution in [0, 0.1) is 0 Å². The third-order valence-corrected chi connectivity index (χ3v) is 3.63. The molecule has 2 nitrogen and oxygen atoms in total. The number of halogens is 2. The van der Waals surface area contributed by atoms with Crippen molar-refractivity contribution in [2.24, 2.45) is 0 Å². The average Bonchev–Trinajstić information content (AvgIpc) is 2.43. The van der Waals surface area contributed by atoms with E-state index in [1.807, 2.05) is 36.4 Å². The van der Waals surface area contributed by atoms with Crippen LogP contribution in [-0.2, 0) is 4.79 Å². The van der Waals surface area contributed by atoms with Gasteiger partial charge < -0.3 is 5.32 Å². The average molecular weight is 294 g/mol. The Balaban J connectivity index is 2.58. The highest BCUT2D eigenvalue weighted by Crippen LogP contribution is 2.34. The van der Waals surface area contributed by atoms with Gasteiger partial charge in [-0.05, 0) is 23.3 Å². The van der Waals surface area contributed by atoms with E-state index in [0.29, 0.717) is 10.0 Å². The smallest absolute Gasteiger partial charge is 0.231 e. The van der Waals surface area contributed by atoms with Crippen LogP contribution in [0.1, 0.15) is 17.0 Å². The Morgan fingerprint density at radius 3 is 1.74 bits per heavy atom. The topological polar surface area (TPSA) is 29.1 Å². The molecule has 1 N–H and O–H groups in total. The van der Waals surface area contributed by atoms with Gasteiger partial charge in [-0.25, -0.2) is 0 Å². The first-order chi connectivity index (χ1) is 9.15. The van der Waals surface area contributed by atoms with E-state index in [-0.39, 0.29) is 5.91 Å². The third kappa shape index (κ3) is 2.91. The Kier molecular flexibility index (Phi) is 4.46. The van der Waals surface area contributed by atoms with Crippen molar-refractivity contribution >= 4 is 29.1 Å². The summed E-state index contributed by atoms with van der Waals surface area (Å²) in [6.45, 7) is 0. The zero-order chi connectivity index (χ0) is 13.8. The highest BCUT2D eigenvalue weighted by atomic mass is 35.5. The number of amides is 1. The van der Waals surface area contributed by atoms with Gasteiger partial charge in [0.05, 0.1) is 5.92 Å². The Labute approximate surface area is 122 Å². The number of benzene rings is 2. The predicted molar refractivity (Wildman–Crippen MR) is 78.8 cm³/mol. The molecule has 0 aliphatic rings. The SMILES string of the molecule is CNC(=O)C(c1ccccc1Cl)c1ccccc1Cl. The molecule has 0 radical (unpaired) electrons. The van der Waals surface area contributed by atoms with Crippen LogP contribution in [0.3, 0.4) is 0 Å². The summed E-state index contributed by atoms with van der Waals surface area (Å²) in [4.78, 5) is 12.2. The van der Waals surface area contributed by atoms with E-state index in [2.05, 4.69) is 5.32 Å². The van der Waals surface area contributed by atoms with Gasteiger partial charge in [-0.3, -0.25) is 4.79 Å². The van der Waals surface area contributed by atoms with Crippen molar-refractivity contribution in [2.45, 2.75) is 5.92 Å². The molecular formula is C15H13Cl2NO. The summed E-state index contributed by atoms with van der Waals surface area (Å²) in [6.07, 6.45) is 0. The molecule has 0 heterocycles. The summed E-state index contributed by atoms with van der Waals surface area (Å²) in [6, 6.07) is 14.6. The molecule has 0 aromatic heterocycles. The van der Waals surface area contributed by atoms with E-state index < -0.39 is 5.92 Å². The molecule has 0 aliphatic carbocycles. The second-order valence-electron chi connectivity index (χ2n) is 4.09. The molecule has 2 aromatic carbocycles. The van der Waals surface area contributed by atoms with Crippen molar-refractivity contribution in [1.82, 2.24) is 5.32 Å². The number of hydrogen-bond acceptors (Lipinski definition) is 1. The van der Waals surface area contributed by atoms with Crippen molar-refractivity contribution in [1.29, 1.82) is 0 Å². The number of nitrogens with one attached hydrogen (secondary N) is 1. The van der Waals surface area contributed by atoms with Gasteiger partial charge in [-0.2, -0.15) is 0 Å². The van der Waals surface area contributed by atoms with E-state index in [4.69, 9.17) is 23.2 Å². The zero-order valence-electron chi connectivity index (χ0n) is 10.4. The van der Waals surface area contributed by atoms with Crippen LogP contribution < -0.4 is 5.32 Å². The minimum atomic E-state index is -0.507. The van der Waals surface area contributed by atoms with Crippen molar-refractivity contribution < 1.29 is 4.79 Å². The number of carbonyl (C=O) groups excluding carboxylic acids is 1. The summed E-state index contributed by atoms with van der Waals surface area (Å²) in [5, 5.41) is 3.76. The number of rotatable bonds is 3. The van der Waals surface area contributed by atoms with Crippen LogP contribution in [0.4, 0.5) is 0 Å². The molecule has 0 aliphatic heterocycles. The summed E-state index contributed by atoms with van der Waals surface area (Å²) in [5.74, 6) is -0.645. The summed E-state index contributed by atoms with van der Waals surface area (Å²) in [5.41, 5.74) is 1.49. The Hall–Kier alpha value is -1.51. The van der Waals surface area contributed by atoms with Crippen molar-refractivity contribution in [2.75, 3.05) is 7.05 Å². The fraction of sp³-hybridized carbons (Fsp3) is 0.133. The van der Waals surface area contributed by atoms with Crippen LogP contribution >= 0.6 is 23.2 Å². The highest BCUT2D eigenvalue weighted by molar-refractivity contribution is 6.33. The summed E-state index contributed by atoms with van der Waals surface area (Å²) < 4.78 is 0. The van der Waals surface area contributed by atoms with Gasteiger partial charge in [0, 0.05) is 17.1 Å². The van der Waals surface area contributed by atoms with Crippen molar-refractivity contribution in [3.8, 4) is 0 Å². The maximum absolute atomic E-state index is 12.2. The minimum absolute atomic E-state index is 0.138. The van der Waals surface area contributed by atoms with Crippen LogP contribution in [0.25, 0.3) is 0 Å². The molecular weight excluding hydrogens is 281 g/mol. The maximum atomic E-state index is 12.2. The fourth-order valence-corrected chi connectivity index (χ4v) is 2.50. The van der Waals surface area contributed by atoms with E-state index in [1.54, 1.807) is 19.2 Å². The van der Waals surface area contributed by atoms with Gasteiger partial charge in [0.15, 0.2) is 0 Å². The molecule has 19 heavy (non-hydrogen) atoms. The van der Waals surface area contributed by atoms with Crippen LogP contribution in [0.5, 0.6) is 0 Å². The van der Waals surface area contributed by atoms with Crippen molar-refractivity contribution in [3.05, 3.63) is 69.7 Å². The largest absolute Gasteiger partial charge is 0.358 e.